The normalized spacial score (nSPS) is 18.2. The summed E-state index contributed by atoms with van der Waals surface area (Å²) in [5.41, 5.74) is 1.72. The number of ether oxygens (including phenoxy) is 2. The number of nitrogens with one attached hydrogen (secondary N) is 1. The number of aryl methyl sites for hydroxylation is 1. The third-order valence-electron chi connectivity index (χ3n) is 4.16. The summed E-state index contributed by atoms with van der Waals surface area (Å²) in [4.78, 5) is 12.3. The molecule has 0 saturated carbocycles. The van der Waals surface area contributed by atoms with Gasteiger partial charge in [0.1, 0.15) is 17.1 Å². The highest BCUT2D eigenvalue weighted by Gasteiger charge is 2.34. The van der Waals surface area contributed by atoms with Crippen LogP contribution in [0.1, 0.15) is 37.4 Å². The van der Waals surface area contributed by atoms with Crippen molar-refractivity contribution in [1.29, 1.82) is 0 Å². The predicted octanol–water partition coefficient (Wildman–Crippen LogP) is 3.79. The van der Waals surface area contributed by atoms with E-state index in [0.29, 0.717) is 0 Å². The minimum absolute atomic E-state index is 0.00477. The molecule has 0 fully saturated rings. The van der Waals surface area contributed by atoms with E-state index < -0.39 is 0 Å². The minimum Gasteiger partial charge on any atom is -0.487 e. The number of carbonyl (C=O) groups is 1. The van der Waals surface area contributed by atoms with Crippen molar-refractivity contribution < 1.29 is 14.3 Å². The molecular formula is C20H23NO3. The predicted molar refractivity (Wildman–Crippen MR) is 93.3 cm³/mol. The van der Waals surface area contributed by atoms with Gasteiger partial charge < -0.3 is 14.8 Å². The molecule has 2 aromatic carbocycles. The molecule has 24 heavy (non-hydrogen) atoms. The van der Waals surface area contributed by atoms with Gasteiger partial charge in [0.25, 0.3) is 5.91 Å². The van der Waals surface area contributed by atoms with E-state index in [4.69, 9.17) is 9.47 Å². The van der Waals surface area contributed by atoms with E-state index in [2.05, 4.69) is 5.32 Å². The largest absolute Gasteiger partial charge is 0.487 e. The number of hydrogen-bond donors (Lipinski definition) is 1. The molecule has 4 heteroatoms. The summed E-state index contributed by atoms with van der Waals surface area (Å²) in [5, 5.41) is 3.08. The number of fused-ring (bicyclic) bond motifs is 1. The molecule has 1 N–H and O–H groups in total. The number of benzene rings is 2. The zero-order valence-electron chi connectivity index (χ0n) is 14.3. The van der Waals surface area contributed by atoms with Crippen LogP contribution >= 0.6 is 0 Å². The van der Waals surface area contributed by atoms with Gasteiger partial charge in [-0.25, -0.2) is 0 Å². The van der Waals surface area contributed by atoms with E-state index >= 15 is 0 Å². The second-order valence-corrected chi connectivity index (χ2v) is 6.78. The van der Waals surface area contributed by atoms with Crippen molar-refractivity contribution in [1.82, 2.24) is 5.32 Å². The highest BCUT2D eigenvalue weighted by atomic mass is 16.5. The first-order valence-electron chi connectivity index (χ1n) is 8.20. The molecule has 0 radical (unpaired) electrons. The van der Waals surface area contributed by atoms with Crippen LogP contribution in [0, 0.1) is 6.92 Å². The summed E-state index contributed by atoms with van der Waals surface area (Å²) in [7, 11) is 0. The lowest BCUT2D eigenvalue weighted by molar-refractivity contribution is -0.124. The van der Waals surface area contributed by atoms with Crippen LogP contribution in [0.5, 0.6) is 11.5 Å². The molecule has 1 heterocycles. The molecule has 1 aliphatic heterocycles. The van der Waals surface area contributed by atoms with Crippen LogP contribution < -0.4 is 14.8 Å². The van der Waals surface area contributed by atoms with Gasteiger partial charge in [0.2, 0.25) is 0 Å². The summed E-state index contributed by atoms with van der Waals surface area (Å²) in [6.07, 6.45) is 0.722. The molecule has 3 rings (SSSR count). The maximum atomic E-state index is 12.3. The Kier molecular flexibility index (Phi) is 4.47. The first-order chi connectivity index (χ1) is 11.4. The molecule has 4 nitrogen and oxygen atoms in total. The van der Waals surface area contributed by atoms with Gasteiger partial charge in [0.15, 0.2) is 6.61 Å². The molecule has 0 spiro atoms. The second kappa shape index (κ2) is 6.56. The highest BCUT2D eigenvalue weighted by Crippen LogP contribution is 2.39. The van der Waals surface area contributed by atoms with E-state index in [-0.39, 0.29) is 24.2 Å². The van der Waals surface area contributed by atoms with E-state index in [1.54, 1.807) is 0 Å². The Morgan fingerprint density at radius 2 is 1.92 bits per heavy atom. The average Bonchev–Trinajstić information content (AvgIpc) is 2.53. The first-order valence-corrected chi connectivity index (χ1v) is 8.20. The minimum atomic E-state index is -0.316. The highest BCUT2D eigenvalue weighted by molar-refractivity contribution is 5.78. The quantitative estimate of drug-likeness (QED) is 0.930. The summed E-state index contributed by atoms with van der Waals surface area (Å²) in [6.45, 7) is 6.03. The van der Waals surface area contributed by atoms with Gasteiger partial charge in [0.05, 0.1) is 6.04 Å². The van der Waals surface area contributed by atoms with E-state index in [1.807, 2.05) is 69.3 Å². The zero-order valence-corrected chi connectivity index (χ0v) is 14.3. The summed E-state index contributed by atoms with van der Waals surface area (Å²) in [6, 6.07) is 15.5. The fourth-order valence-corrected chi connectivity index (χ4v) is 3.03. The van der Waals surface area contributed by atoms with Crippen molar-refractivity contribution >= 4 is 5.91 Å². The van der Waals surface area contributed by atoms with Gasteiger partial charge in [-0.05, 0) is 38.5 Å². The Labute approximate surface area is 142 Å². The average molecular weight is 325 g/mol. The molecule has 126 valence electrons. The van der Waals surface area contributed by atoms with Gasteiger partial charge in [-0.1, -0.05) is 36.4 Å². The van der Waals surface area contributed by atoms with Gasteiger partial charge >= 0.3 is 0 Å². The second-order valence-electron chi connectivity index (χ2n) is 6.78. The molecule has 2 aromatic rings. The number of carbonyl (C=O) groups excluding carboxylic acids is 1. The smallest absolute Gasteiger partial charge is 0.258 e. The third kappa shape index (κ3) is 3.70. The van der Waals surface area contributed by atoms with Crippen molar-refractivity contribution in [3.63, 3.8) is 0 Å². The number of hydrogen-bond acceptors (Lipinski definition) is 3. The van der Waals surface area contributed by atoms with Crippen LogP contribution in [-0.4, -0.2) is 18.1 Å². The maximum absolute atomic E-state index is 12.3. The van der Waals surface area contributed by atoms with Gasteiger partial charge in [0, 0.05) is 12.0 Å². The molecular weight excluding hydrogens is 302 g/mol. The molecule has 1 atom stereocenters. The van der Waals surface area contributed by atoms with Crippen LogP contribution in [0.4, 0.5) is 0 Å². The zero-order chi connectivity index (χ0) is 17.2. The van der Waals surface area contributed by atoms with Crippen LogP contribution in [0.25, 0.3) is 0 Å². The van der Waals surface area contributed by atoms with Crippen LogP contribution in [0.15, 0.2) is 48.5 Å². The Hall–Kier alpha value is -2.49. The molecule has 1 amide bonds. The fourth-order valence-electron chi connectivity index (χ4n) is 3.03. The Bertz CT molecular complexity index is 739. The lowest BCUT2D eigenvalue weighted by Gasteiger charge is -2.37. The molecule has 0 saturated heterocycles. The Balaban J connectivity index is 1.67. The van der Waals surface area contributed by atoms with E-state index in [9.17, 15) is 4.79 Å². The van der Waals surface area contributed by atoms with Gasteiger partial charge in [-0.15, -0.1) is 0 Å². The van der Waals surface area contributed by atoms with Crippen LogP contribution in [0.2, 0.25) is 0 Å². The van der Waals surface area contributed by atoms with E-state index in [1.165, 1.54) is 0 Å². The summed E-state index contributed by atoms with van der Waals surface area (Å²) in [5.74, 6) is 1.44. The molecule has 0 aliphatic carbocycles. The summed E-state index contributed by atoms with van der Waals surface area (Å²) < 4.78 is 11.6. The van der Waals surface area contributed by atoms with Gasteiger partial charge in [-0.3, -0.25) is 4.79 Å². The van der Waals surface area contributed by atoms with Gasteiger partial charge in [-0.2, -0.15) is 0 Å². The van der Waals surface area contributed by atoms with Crippen LogP contribution in [0.3, 0.4) is 0 Å². The van der Waals surface area contributed by atoms with E-state index in [0.717, 1.165) is 29.0 Å². The lowest BCUT2D eigenvalue weighted by atomic mass is 9.90. The SMILES string of the molecule is Cc1ccccc1OCC(=O)N[C@H]1CC(C)(C)Oc2ccccc21. The Morgan fingerprint density at radius 3 is 2.71 bits per heavy atom. The maximum Gasteiger partial charge on any atom is 0.258 e. The molecule has 1 aliphatic rings. The van der Waals surface area contributed by atoms with Crippen molar-refractivity contribution in [2.24, 2.45) is 0 Å². The first kappa shape index (κ1) is 16.4. The third-order valence-corrected chi connectivity index (χ3v) is 4.16. The number of rotatable bonds is 4. The fraction of sp³-hybridized carbons (Fsp3) is 0.350. The number of para-hydroxylation sites is 2. The standard InChI is InChI=1S/C20H23NO3/c1-14-8-4-6-10-17(14)23-13-19(22)21-16-12-20(2,3)24-18-11-7-5-9-15(16)18/h4-11,16H,12-13H2,1-3H3,(H,21,22)/t16-/m0/s1. The van der Waals surface area contributed by atoms with Crippen molar-refractivity contribution in [3.05, 3.63) is 59.7 Å². The van der Waals surface area contributed by atoms with Crippen molar-refractivity contribution in [3.8, 4) is 11.5 Å². The monoisotopic (exact) mass is 325 g/mol. The lowest BCUT2D eigenvalue weighted by Crippen LogP contribution is -2.42. The topological polar surface area (TPSA) is 47.6 Å². The van der Waals surface area contributed by atoms with Crippen molar-refractivity contribution in [2.75, 3.05) is 6.61 Å². The van der Waals surface area contributed by atoms with Crippen LogP contribution in [-0.2, 0) is 4.79 Å². The number of amides is 1. The Morgan fingerprint density at radius 1 is 1.21 bits per heavy atom. The molecule has 0 unspecified atom stereocenters. The molecule has 0 bridgehead atoms. The summed E-state index contributed by atoms with van der Waals surface area (Å²) >= 11 is 0. The van der Waals surface area contributed by atoms with Crippen molar-refractivity contribution in [2.45, 2.75) is 38.8 Å². The molecule has 0 aromatic heterocycles.